The molecule has 0 aliphatic carbocycles. The van der Waals surface area contributed by atoms with Gasteiger partial charge in [0.25, 0.3) is 0 Å². The Morgan fingerprint density at radius 3 is 2.47 bits per heavy atom. The highest BCUT2D eigenvalue weighted by molar-refractivity contribution is 5.66. The molecule has 76 valence electrons. The van der Waals surface area contributed by atoms with Crippen LogP contribution in [0.1, 0.15) is 5.56 Å². The van der Waals surface area contributed by atoms with Gasteiger partial charge in [0.1, 0.15) is 0 Å². The molecule has 0 bridgehead atoms. The third-order valence-corrected chi connectivity index (χ3v) is 2.42. The van der Waals surface area contributed by atoms with E-state index in [1.165, 1.54) is 16.7 Å². The summed E-state index contributed by atoms with van der Waals surface area (Å²) in [6.07, 6.45) is 4.54. The fourth-order valence-corrected chi connectivity index (χ4v) is 1.71. The quantitative estimate of drug-likeness (QED) is 0.821. The van der Waals surface area contributed by atoms with Gasteiger partial charge in [-0.1, -0.05) is 24.3 Å². The molecule has 0 radical (unpaired) electrons. The van der Waals surface area contributed by atoms with E-state index in [0.717, 1.165) is 6.42 Å². The number of hydrogen-bond donors (Lipinski definition) is 1. The summed E-state index contributed by atoms with van der Waals surface area (Å²) in [7, 11) is 0. The second-order valence-corrected chi connectivity index (χ2v) is 3.43. The maximum Gasteiger partial charge on any atom is 0.0273 e. The normalized spacial score (nSPS) is 10.2. The van der Waals surface area contributed by atoms with Crippen molar-refractivity contribution in [3.05, 3.63) is 54.4 Å². The molecular weight excluding hydrogens is 184 g/mol. The molecule has 0 aliphatic rings. The minimum Gasteiger partial charge on any atom is -0.330 e. The molecule has 0 saturated carbocycles. The summed E-state index contributed by atoms with van der Waals surface area (Å²) < 4.78 is 0. The van der Waals surface area contributed by atoms with E-state index in [1.807, 2.05) is 24.5 Å². The maximum atomic E-state index is 5.60. The Morgan fingerprint density at radius 1 is 1.00 bits per heavy atom. The molecule has 1 heterocycles. The van der Waals surface area contributed by atoms with Gasteiger partial charge in [-0.05, 0) is 41.8 Å². The average molecular weight is 198 g/mol. The Kier molecular flexibility index (Phi) is 3.10. The summed E-state index contributed by atoms with van der Waals surface area (Å²) in [5.41, 5.74) is 9.35. The molecule has 0 amide bonds. The molecule has 0 aliphatic heterocycles. The number of pyridine rings is 1. The van der Waals surface area contributed by atoms with Crippen LogP contribution in [0.3, 0.4) is 0 Å². The van der Waals surface area contributed by atoms with Gasteiger partial charge in [-0.25, -0.2) is 0 Å². The molecule has 1 aromatic carbocycles. The van der Waals surface area contributed by atoms with Crippen molar-refractivity contribution in [1.29, 1.82) is 0 Å². The molecule has 2 rings (SSSR count). The zero-order valence-electron chi connectivity index (χ0n) is 8.56. The number of nitrogens with zero attached hydrogens (tertiary/aromatic N) is 1. The van der Waals surface area contributed by atoms with Gasteiger partial charge >= 0.3 is 0 Å². The Morgan fingerprint density at radius 2 is 1.73 bits per heavy atom. The molecule has 0 atom stereocenters. The smallest absolute Gasteiger partial charge is 0.0273 e. The molecule has 2 aromatic rings. The highest BCUT2D eigenvalue weighted by atomic mass is 14.6. The van der Waals surface area contributed by atoms with E-state index in [2.05, 4.69) is 29.2 Å². The molecule has 2 nitrogen and oxygen atoms in total. The van der Waals surface area contributed by atoms with Gasteiger partial charge in [0.15, 0.2) is 0 Å². The van der Waals surface area contributed by atoms with Crippen molar-refractivity contribution in [2.75, 3.05) is 6.54 Å². The van der Waals surface area contributed by atoms with Gasteiger partial charge in [-0.2, -0.15) is 0 Å². The lowest BCUT2D eigenvalue weighted by Gasteiger charge is -2.07. The van der Waals surface area contributed by atoms with E-state index in [4.69, 9.17) is 5.73 Å². The summed E-state index contributed by atoms with van der Waals surface area (Å²) in [4.78, 5) is 4.02. The highest BCUT2D eigenvalue weighted by Crippen LogP contribution is 2.22. The van der Waals surface area contributed by atoms with Crippen LogP contribution >= 0.6 is 0 Å². The molecule has 1 aromatic heterocycles. The summed E-state index contributed by atoms with van der Waals surface area (Å²) in [5, 5.41) is 0. The largest absolute Gasteiger partial charge is 0.330 e. The van der Waals surface area contributed by atoms with Crippen molar-refractivity contribution >= 4 is 0 Å². The summed E-state index contributed by atoms with van der Waals surface area (Å²) in [6, 6.07) is 12.4. The summed E-state index contributed by atoms with van der Waals surface area (Å²) >= 11 is 0. The minimum atomic E-state index is 0.683. The molecular formula is C13H14N2. The number of hydrogen-bond acceptors (Lipinski definition) is 2. The summed E-state index contributed by atoms with van der Waals surface area (Å²) in [6.45, 7) is 0.683. The van der Waals surface area contributed by atoms with Gasteiger partial charge in [-0.15, -0.1) is 0 Å². The maximum absolute atomic E-state index is 5.60. The van der Waals surface area contributed by atoms with E-state index < -0.39 is 0 Å². The molecule has 0 spiro atoms. The Balaban J connectivity index is 2.43. The van der Waals surface area contributed by atoms with Crippen LogP contribution in [0.15, 0.2) is 48.8 Å². The Hall–Kier alpha value is -1.67. The first-order chi connectivity index (χ1) is 7.42. The van der Waals surface area contributed by atoms with Crippen LogP contribution in [-0.4, -0.2) is 11.5 Å². The van der Waals surface area contributed by atoms with Crippen molar-refractivity contribution in [1.82, 2.24) is 4.98 Å². The fourth-order valence-electron chi connectivity index (χ4n) is 1.71. The number of benzene rings is 1. The third kappa shape index (κ3) is 2.22. The third-order valence-electron chi connectivity index (χ3n) is 2.42. The fraction of sp³-hybridized carbons (Fsp3) is 0.154. The number of nitrogens with two attached hydrogens (primary N) is 1. The molecule has 2 heteroatoms. The monoisotopic (exact) mass is 198 g/mol. The second kappa shape index (κ2) is 4.71. The topological polar surface area (TPSA) is 38.9 Å². The van der Waals surface area contributed by atoms with Crippen molar-refractivity contribution in [3.8, 4) is 11.1 Å². The minimum absolute atomic E-state index is 0.683. The lowest BCUT2D eigenvalue weighted by atomic mass is 9.99. The second-order valence-electron chi connectivity index (χ2n) is 3.43. The van der Waals surface area contributed by atoms with Crippen LogP contribution in [0.5, 0.6) is 0 Å². The predicted octanol–water partition coefficient (Wildman–Crippen LogP) is 2.25. The van der Waals surface area contributed by atoms with Crippen LogP contribution in [0.25, 0.3) is 11.1 Å². The van der Waals surface area contributed by atoms with Crippen LogP contribution in [0.4, 0.5) is 0 Å². The van der Waals surface area contributed by atoms with Crippen LogP contribution < -0.4 is 5.73 Å². The van der Waals surface area contributed by atoms with Gasteiger partial charge in [-0.3, -0.25) is 4.98 Å². The first-order valence-corrected chi connectivity index (χ1v) is 5.10. The Labute approximate surface area is 89.8 Å². The van der Waals surface area contributed by atoms with Crippen LogP contribution in [0, 0.1) is 0 Å². The lowest BCUT2D eigenvalue weighted by molar-refractivity contribution is 0.970. The zero-order chi connectivity index (χ0) is 10.5. The van der Waals surface area contributed by atoms with Gasteiger partial charge in [0.05, 0.1) is 0 Å². The van der Waals surface area contributed by atoms with E-state index in [-0.39, 0.29) is 0 Å². The zero-order valence-corrected chi connectivity index (χ0v) is 8.56. The van der Waals surface area contributed by atoms with Gasteiger partial charge in [0, 0.05) is 12.4 Å². The molecule has 0 unspecified atom stereocenters. The predicted molar refractivity (Wildman–Crippen MR) is 62.4 cm³/mol. The van der Waals surface area contributed by atoms with E-state index in [0.29, 0.717) is 6.54 Å². The van der Waals surface area contributed by atoms with Crippen molar-refractivity contribution < 1.29 is 0 Å². The standard InChI is InChI=1S/C13H14N2/c14-8-5-11-3-1-2-4-13(11)12-6-9-15-10-7-12/h1-4,6-7,9-10H,5,8,14H2. The van der Waals surface area contributed by atoms with Crippen molar-refractivity contribution in [3.63, 3.8) is 0 Å². The first-order valence-electron chi connectivity index (χ1n) is 5.10. The molecule has 0 saturated heterocycles. The molecule has 0 fully saturated rings. The van der Waals surface area contributed by atoms with Crippen molar-refractivity contribution in [2.24, 2.45) is 5.73 Å². The van der Waals surface area contributed by atoms with E-state index in [1.54, 1.807) is 0 Å². The lowest BCUT2D eigenvalue weighted by Crippen LogP contribution is -2.03. The van der Waals surface area contributed by atoms with Gasteiger partial charge < -0.3 is 5.73 Å². The average Bonchev–Trinajstić information content (AvgIpc) is 2.31. The molecule has 2 N–H and O–H groups in total. The van der Waals surface area contributed by atoms with E-state index in [9.17, 15) is 0 Å². The van der Waals surface area contributed by atoms with Gasteiger partial charge in [0.2, 0.25) is 0 Å². The number of aromatic nitrogens is 1. The first kappa shape index (κ1) is 9.87. The van der Waals surface area contributed by atoms with Crippen molar-refractivity contribution in [2.45, 2.75) is 6.42 Å². The highest BCUT2D eigenvalue weighted by Gasteiger charge is 2.02. The van der Waals surface area contributed by atoms with Crippen LogP contribution in [-0.2, 0) is 6.42 Å². The SMILES string of the molecule is NCCc1ccccc1-c1ccncc1. The van der Waals surface area contributed by atoms with Crippen LogP contribution in [0.2, 0.25) is 0 Å². The summed E-state index contributed by atoms with van der Waals surface area (Å²) in [5.74, 6) is 0. The number of rotatable bonds is 3. The van der Waals surface area contributed by atoms with E-state index >= 15 is 0 Å². The Bertz CT molecular complexity index is 424. The molecule has 15 heavy (non-hydrogen) atoms.